The SMILES string of the molecule is O=C(O)CC1(Cc2cccs2)CC1. The number of hydrogen-bond donors (Lipinski definition) is 1. The summed E-state index contributed by atoms with van der Waals surface area (Å²) in [5.41, 5.74) is 0.108. The minimum absolute atomic E-state index is 0.108. The molecule has 1 heterocycles. The molecule has 0 bridgehead atoms. The van der Waals surface area contributed by atoms with E-state index in [9.17, 15) is 4.79 Å². The van der Waals surface area contributed by atoms with Crippen molar-refractivity contribution in [3.8, 4) is 0 Å². The molecule has 1 aromatic rings. The Labute approximate surface area is 81.2 Å². The molecule has 1 fully saturated rings. The molecule has 0 spiro atoms. The molecule has 3 heteroatoms. The van der Waals surface area contributed by atoms with Gasteiger partial charge in [-0.25, -0.2) is 0 Å². The maximum Gasteiger partial charge on any atom is 0.303 e. The molecule has 0 aromatic carbocycles. The maximum absolute atomic E-state index is 10.6. The Balaban J connectivity index is 1.98. The largest absolute Gasteiger partial charge is 0.481 e. The highest BCUT2D eigenvalue weighted by Gasteiger charge is 2.44. The summed E-state index contributed by atoms with van der Waals surface area (Å²) in [6.45, 7) is 0. The number of carboxylic acid groups (broad SMARTS) is 1. The van der Waals surface area contributed by atoms with Crippen LogP contribution in [0.15, 0.2) is 17.5 Å². The minimum atomic E-state index is -0.658. The van der Waals surface area contributed by atoms with Crippen molar-refractivity contribution in [1.82, 2.24) is 0 Å². The number of thiophene rings is 1. The second-order valence-electron chi connectivity index (χ2n) is 3.83. The molecule has 0 aliphatic heterocycles. The number of rotatable bonds is 4. The predicted octanol–water partition coefficient (Wildman–Crippen LogP) is 2.55. The summed E-state index contributed by atoms with van der Waals surface area (Å²) >= 11 is 1.72. The van der Waals surface area contributed by atoms with E-state index < -0.39 is 5.97 Å². The van der Waals surface area contributed by atoms with Gasteiger partial charge in [0.2, 0.25) is 0 Å². The zero-order valence-corrected chi connectivity index (χ0v) is 8.14. The molecule has 0 amide bonds. The van der Waals surface area contributed by atoms with Crippen molar-refractivity contribution in [2.24, 2.45) is 5.41 Å². The molecule has 2 rings (SSSR count). The van der Waals surface area contributed by atoms with Crippen molar-refractivity contribution >= 4 is 17.3 Å². The third-order valence-electron chi connectivity index (χ3n) is 2.61. The summed E-state index contributed by atoms with van der Waals surface area (Å²) in [5.74, 6) is -0.658. The van der Waals surface area contributed by atoms with Gasteiger partial charge in [-0.3, -0.25) is 4.79 Å². The van der Waals surface area contributed by atoms with Crippen LogP contribution in [0.4, 0.5) is 0 Å². The van der Waals surface area contributed by atoms with Gasteiger partial charge in [-0.2, -0.15) is 0 Å². The fraction of sp³-hybridized carbons (Fsp3) is 0.500. The highest BCUT2D eigenvalue weighted by molar-refractivity contribution is 7.09. The Bertz CT molecular complexity index is 299. The average Bonchev–Trinajstić information content (AvgIpc) is 2.61. The second-order valence-corrected chi connectivity index (χ2v) is 4.86. The van der Waals surface area contributed by atoms with Gasteiger partial charge in [0.05, 0.1) is 6.42 Å². The van der Waals surface area contributed by atoms with E-state index >= 15 is 0 Å². The van der Waals surface area contributed by atoms with Gasteiger partial charge in [0.1, 0.15) is 0 Å². The van der Waals surface area contributed by atoms with Gasteiger partial charge in [-0.05, 0) is 36.1 Å². The number of carbonyl (C=O) groups is 1. The number of hydrogen-bond acceptors (Lipinski definition) is 2. The zero-order valence-electron chi connectivity index (χ0n) is 7.32. The molecule has 1 N–H and O–H groups in total. The van der Waals surface area contributed by atoms with Crippen LogP contribution < -0.4 is 0 Å². The third-order valence-corrected chi connectivity index (χ3v) is 3.49. The quantitative estimate of drug-likeness (QED) is 0.803. The van der Waals surface area contributed by atoms with Crippen LogP contribution in [0.25, 0.3) is 0 Å². The van der Waals surface area contributed by atoms with Crippen LogP contribution >= 0.6 is 11.3 Å². The van der Waals surface area contributed by atoms with Crippen LogP contribution in [0.5, 0.6) is 0 Å². The van der Waals surface area contributed by atoms with Crippen LogP contribution in [0.2, 0.25) is 0 Å². The Kier molecular flexibility index (Phi) is 2.12. The molecule has 0 radical (unpaired) electrons. The van der Waals surface area contributed by atoms with Gasteiger partial charge in [-0.15, -0.1) is 11.3 Å². The van der Waals surface area contributed by atoms with E-state index in [4.69, 9.17) is 5.11 Å². The standard InChI is InChI=1S/C10H12O2S/c11-9(12)7-10(3-4-10)6-8-2-1-5-13-8/h1-2,5H,3-4,6-7H2,(H,11,12). The lowest BCUT2D eigenvalue weighted by Crippen LogP contribution is -2.10. The summed E-state index contributed by atoms with van der Waals surface area (Å²) in [7, 11) is 0. The first-order valence-electron chi connectivity index (χ1n) is 4.44. The van der Waals surface area contributed by atoms with Crippen molar-refractivity contribution in [1.29, 1.82) is 0 Å². The van der Waals surface area contributed by atoms with E-state index in [2.05, 4.69) is 6.07 Å². The second kappa shape index (κ2) is 3.14. The van der Waals surface area contributed by atoms with Crippen LogP contribution in [0.3, 0.4) is 0 Å². The monoisotopic (exact) mass is 196 g/mol. The molecule has 0 unspecified atom stereocenters. The lowest BCUT2D eigenvalue weighted by Gasteiger charge is -2.09. The van der Waals surface area contributed by atoms with Crippen molar-refractivity contribution in [2.45, 2.75) is 25.7 Å². The van der Waals surface area contributed by atoms with Gasteiger partial charge in [0, 0.05) is 4.88 Å². The molecule has 1 aliphatic rings. The van der Waals surface area contributed by atoms with Crippen molar-refractivity contribution in [2.75, 3.05) is 0 Å². The molecule has 0 atom stereocenters. The molecule has 0 saturated heterocycles. The van der Waals surface area contributed by atoms with Crippen LogP contribution in [0.1, 0.15) is 24.1 Å². The highest BCUT2D eigenvalue weighted by atomic mass is 32.1. The molecule has 1 saturated carbocycles. The Hall–Kier alpha value is -0.830. The van der Waals surface area contributed by atoms with Crippen LogP contribution in [-0.4, -0.2) is 11.1 Å². The van der Waals surface area contributed by atoms with Gasteiger partial charge < -0.3 is 5.11 Å². The Morgan fingerprint density at radius 3 is 2.85 bits per heavy atom. The van der Waals surface area contributed by atoms with E-state index in [0.717, 1.165) is 19.3 Å². The molecular weight excluding hydrogens is 184 g/mol. The molecular formula is C10H12O2S. The summed E-state index contributed by atoms with van der Waals surface area (Å²) < 4.78 is 0. The molecule has 13 heavy (non-hydrogen) atoms. The maximum atomic E-state index is 10.6. The minimum Gasteiger partial charge on any atom is -0.481 e. The Morgan fingerprint density at radius 1 is 1.62 bits per heavy atom. The lowest BCUT2D eigenvalue weighted by molar-refractivity contribution is -0.138. The first-order chi connectivity index (χ1) is 6.20. The summed E-state index contributed by atoms with van der Waals surface area (Å²) in [4.78, 5) is 11.9. The zero-order chi connectivity index (χ0) is 9.31. The van der Waals surface area contributed by atoms with Gasteiger partial charge in [0.25, 0.3) is 0 Å². The number of carboxylic acids is 1. The van der Waals surface area contributed by atoms with Crippen molar-refractivity contribution < 1.29 is 9.90 Å². The van der Waals surface area contributed by atoms with E-state index in [1.165, 1.54) is 4.88 Å². The smallest absolute Gasteiger partial charge is 0.303 e. The van der Waals surface area contributed by atoms with Crippen LogP contribution in [-0.2, 0) is 11.2 Å². The van der Waals surface area contributed by atoms with Crippen LogP contribution in [0, 0.1) is 5.41 Å². The van der Waals surface area contributed by atoms with Gasteiger partial charge >= 0.3 is 5.97 Å². The molecule has 2 nitrogen and oxygen atoms in total. The fourth-order valence-electron chi connectivity index (χ4n) is 1.70. The van der Waals surface area contributed by atoms with E-state index in [1.54, 1.807) is 11.3 Å². The van der Waals surface area contributed by atoms with E-state index in [0.29, 0.717) is 6.42 Å². The van der Waals surface area contributed by atoms with E-state index in [-0.39, 0.29) is 5.41 Å². The Morgan fingerprint density at radius 2 is 2.38 bits per heavy atom. The summed E-state index contributed by atoms with van der Waals surface area (Å²) in [6.07, 6.45) is 3.45. The first kappa shape index (κ1) is 8.75. The number of aliphatic carboxylic acids is 1. The van der Waals surface area contributed by atoms with Gasteiger partial charge in [-0.1, -0.05) is 6.07 Å². The van der Waals surface area contributed by atoms with Crippen molar-refractivity contribution in [3.05, 3.63) is 22.4 Å². The topological polar surface area (TPSA) is 37.3 Å². The summed E-state index contributed by atoms with van der Waals surface area (Å²) in [5, 5.41) is 10.8. The average molecular weight is 196 g/mol. The third kappa shape index (κ3) is 2.10. The van der Waals surface area contributed by atoms with E-state index in [1.807, 2.05) is 11.4 Å². The van der Waals surface area contributed by atoms with Gasteiger partial charge in [0.15, 0.2) is 0 Å². The first-order valence-corrected chi connectivity index (χ1v) is 5.32. The summed E-state index contributed by atoms with van der Waals surface area (Å²) in [6, 6.07) is 4.11. The molecule has 70 valence electrons. The van der Waals surface area contributed by atoms with Crippen molar-refractivity contribution in [3.63, 3.8) is 0 Å². The normalized spacial score (nSPS) is 18.5. The highest BCUT2D eigenvalue weighted by Crippen LogP contribution is 2.51. The lowest BCUT2D eigenvalue weighted by atomic mass is 9.97. The predicted molar refractivity (Wildman–Crippen MR) is 51.9 cm³/mol. The molecule has 1 aliphatic carbocycles. The fourth-order valence-corrected chi connectivity index (χ4v) is 2.57. The molecule has 1 aromatic heterocycles.